The third-order valence-corrected chi connectivity index (χ3v) is 2.20. The van der Waals surface area contributed by atoms with Gasteiger partial charge in [0, 0.05) is 18.7 Å². The Kier molecular flexibility index (Phi) is 5.37. The van der Waals surface area contributed by atoms with Crippen LogP contribution in [0.5, 0.6) is 0 Å². The fraction of sp³-hybridized carbons (Fsp3) is 0.429. The predicted molar refractivity (Wildman–Crippen MR) is 75.0 cm³/mol. The normalized spacial score (nSPS) is 11.6. The van der Waals surface area contributed by atoms with Gasteiger partial charge in [0.2, 0.25) is 0 Å². The van der Waals surface area contributed by atoms with E-state index in [-0.39, 0.29) is 18.1 Å². The molecular formula is C14H18N2O4. The highest BCUT2D eigenvalue weighted by molar-refractivity contribution is 5.70. The Hall–Kier alpha value is -2.24. The lowest BCUT2D eigenvalue weighted by Crippen LogP contribution is -2.23. The first-order valence-corrected chi connectivity index (χ1v) is 6.26. The van der Waals surface area contributed by atoms with Gasteiger partial charge in [-0.1, -0.05) is 12.2 Å². The molecule has 1 aromatic heterocycles. The van der Waals surface area contributed by atoms with E-state index in [4.69, 9.17) is 4.74 Å². The van der Waals surface area contributed by atoms with Crippen molar-refractivity contribution >= 4 is 17.7 Å². The summed E-state index contributed by atoms with van der Waals surface area (Å²) in [6, 6.07) is 1.43. The van der Waals surface area contributed by atoms with Gasteiger partial charge in [-0.3, -0.25) is 19.9 Å². The Morgan fingerprint density at radius 2 is 2.15 bits per heavy atom. The summed E-state index contributed by atoms with van der Waals surface area (Å²) < 4.78 is 5.17. The number of nitrogens with zero attached hydrogens (tertiary/aromatic N) is 2. The van der Waals surface area contributed by atoms with E-state index < -0.39 is 10.5 Å². The summed E-state index contributed by atoms with van der Waals surface area (Å²) in [6.45, 7) is 5.44. The van der Waals surface area contributed by atoms with Crippen molar-refractivity contribution in [1.29, 1.82) is 0 Å². The van der Waals surface area contributed by atoms with E-state index in [1.807, 2.05) is 20.8 Å². The van der Waals surface area contributed by atoms with Crippen molar-refractivity contribution in [3.8, 4) is 0 Å². The highest BCUT2D eigenvalue weighted by Gasteiger charge is 2.15. The van der Waals surface area contributed by atoms with Crippen LogP contribution in [0.25, 0.3) is 6.08 Å². The summed E-state index contributed by atoms with van der Waals surface area (Å²) in [7, 11) is 0. The number of nitro groups is 1. The summed E-state index contributed by atoms with van der Waals surface area (Å²) in [5.74, 6) is -0.265. The number of esters is 1. The maximum atomic E-state index is 11.5. The molecule has 1 rings (SSSR count). The molecule has 0 aromatic carbocycles. The number of hydrogen-bond donors (Lipinski definition) is 0. The molecule has 1 heterocycles. The van der Waals surface area contributed by atoms with Crippen LogP contribution in [0.3, 0.4) is 0 Å². The fourth-order valence-electron chi connectivity index (χ4n) is 1.45. The molecule has 6 heteroatoms. The van der Waals surface area contributed by atoms with Crippen molar-refractivity contribution in [2.75, 3.05) is 0 Å². The average molecular weight is 278 g/mol. The van der Waals surface area contributed by atoms with Crippen molar-refractivity contribution < 1.29 is 14.5 Å². The molecule has 0 aliphatic heterocycles. The molecule has 108 valence electrons. The zero-order valence-electron chi connectivity index (χ0n) is 11.8. The molecule has 1 aromatic rings. The predicted octanol–water partition coefficient (Wildman–Crippen LogP) is 3.12. The van der Waals surface area contributed by atoms with Crippen molar-refractivity contribution in [2.45, 2.75) is 39.2 Å². The van der Waals surface area contributed by atoms with Crippen molar-refractivity contribution in [3.63, 3.8) is 0 Å². The van der Waals surface area contributed by atoms with Crippen molar-refractivity contribution in [3.05, 3.63) is 40.2 Å². The van der Waals surface area contributed by atoms with Gasteiger partial charge in [-0.05, 0) is 32.8 Å². The average Bonchev–Trinajstić information content (AvgIpc) is 2.33. The molecule has 6 nitrogen and oxygen atoms in total. The van der Waals surface area contributed by atoms with E-state index in [1.54, 1.807) is 12.2 Å². The van der Waals surface area contributed by atoms with E-state index in [9.17, 15) is 14.9 Å². The Balaban J connectivity index is 2.47. The third-order valence-electron chi connectivity index (χ3n) is 2.20. The Morgan fingerprint density at radius 1 is 1.45 bits per heavy atom. The molecule has 0 spiro atoms. The van der Waals surface area contributed by atoms with Crippen LogP contribution in [-0.4, -0.2) is 21.5 Å². The zero-order valence-corrected chi connectivity index (χ0v) is 11.8. The van der Waals surface area contributed by atoms with E-state index in [1.165, 1.54) is 18.5 Å². The standard InChI is InChI=1S/C14H18N2O4/c1-14(2,3)20-13(17)7-5-4-6-11-8-12(16(18)19)10-15-9-11/h4,6,8-10H,5,7H2,1-3H3/b6-4+. The Labute approximate surface area is 117 Å². The lowest BCUT2D eigenvalue weighted by atomic mass is 10.2. The van der Waals surface area contributed by atoms with E-state index >= 15 is 0 Å². The number of ether oxygens (including phenoxy) is 1. The second-order valence-electron chi connectivity index (χ2n) is 5.26. The van der Waals surface area contributed by atoms with Gasteiger partial charge in [-0.25, -0.2) is 0 Å². The first kappa shape index (κ1) is 15.8. The van der Waals surface area contributed by atoms with Gasteiger partial charge in [0.15, 0.2) is 0 Å². The molecule has 0 fully saturated rings. The second-order valence-corrected chi connectivity index (χ2v) is 5.26. The van der Waals surface area contributed by atoms with Crippen LogP contribution in [0, 0.1) is 10.1 Å². The molecule has 0 saturated carbocycles. The first-order valence-electron chi connectivity index (χ1n) is 6.26. The largest absolute Gasteiger partial charge is 0.460 e. The molecule has 0 amide bonds. The number of pyridine rings is 1. The number of hydrogen-bond acceptors (Lipinski definition) is 5. The number of carbonyl (C=O) groups is 1. The summed E-state index contributed by atoms with van der Waals surface area (Å²) in [6.07, 6.45) is 6.97. The zero-order chi connectivity index (χ0) is 15.2. The van der Waals surface area contributed by atoms with Crippen LogP contribution in [-0.2, 0) is 9.53 Å². The number of aromatic nitrogens is 1. The van der Waals surface area contributed by atoms with Gasteiger partial charge in [-0.2, -0.15) is 0 Å². The van der Waals surface area contributed by atoms with Gasteiger partial charge in [0.05, 0.1) is 4.92 Å². The minimum absolute atomic E-state index is 0.0562. The molecule has 20 heavy (non-hydrogen) atoms. The topological polar surface area (TPSA) is 82.3 Å². The molecule has 0 unspecified atom stereocenters. The molecule has 0 bridgehead atoms. The highest BCUT2D eigenvalue weighted by atomic mass is 16.6. The number of carbonyl (C=O) groups excluding carboxylic acids is 1. The van der Waals surface area contributed by atoms with Crippen LogP contribution in [0.2, 0.25) is 0 Å². The monoisotopic (exact) mass is 278 g/mol. The van der Waals surface area contributed by atoms with Crippen molar-refractivity contribution in [2.24, 2.45) is 0 Å². The van der Waals surface area contributed by atoms with Gasteiger partial charge < -0.3 is 4.74 Å². The second kappa shape index (κ2) is 6.79. The smallest absolute Gasteiger partial charge is 0.306 e. The molecule has 0 aliphatic rings. The molecule has 0 aliphatic carbocycles. The minimum atomic E-state index is -0.495. The third kappa shape index (κ3) is 6.08. The van der Waals surface area contributed by atoms with Crippen LogP contribution in [0.1, 0.15) is 39.2 Å². The molecule has 0 atom stereocenters. The summed E-state index contributed by atoms with van der Waals surface area (Å²) in [4.78, 5) is 25.3. The molecular weight excluding hydrogens is 260 g/mol. The van der Waals surface area contributed by atoms with Gasteiger partial charge in [0.25, 0.3) is 5.69 Å². The van der Waals surface area contributed by atoms with Crippen LogP contribution in [0.4, 0.5) is 5.69 Å². The fourth-order valence-corrected chi connectivity index (χ4v) is 1.45. The van der Waals surface area contributed by atoms with Crippen LogP contribution < -0.4 is 0 Å². The van der Waals surface area contributed by atoms with Gasteiger partial charge in [0.1, 0.15) is 11.8 Å². The summed E-state index contributed by atoms with van der Waals surface area (Å²) >= 11 is 0. The van der Waals surface area contributed by atoms with Gasteiger partial charge >= 0.3 is 5.97 Å². The lowest BCUT2D eigenvalue weighted by molar-refractivity contribution is -0.385. The van der Waals surface area contributed by atoms with E-state index in [2.05, 4.69) is 4.98 Å². The van der Waals surface area contributed by atoms with E-state index in [0.717, 1.165) is 0 Å². The van der Waals surface area contributed by atoms with Crippen molar-refractivity contribution in [1.82, 2.24) is 4.98 Å². The van der Waals surface area contributed by atoms with Crippen LogP contribution in [0.15, 0.2) is 24.5 Å². The maximum absolute atomic E-state index is 11.5. The molecule has 0 radical (unpaired) electrons. The first-order chi connectivity index (χ1) is 9.28. The SMILES string of the molecule is CC(C)(C)OC(=O)CC/C=C/c1cncc([N+](=O)[O-])c1. The quantitative estimate of drug-likeness (QED) is 0.469. The summed E-state index contributed by atoms with van der Waals surface area (Å²) in [5.41, 5.74) is 0.0905. The number of allylic oxidation sites excluding steroid dienone is 1. The van der Waals surface area contributed by atoms with Crippen LogP contribution >= 0.6 is 0 Å². The van der Waals surface area contributed by atoms with Gasteiger partial charge in [-0.15, -0.1) is 0 Å². The molecule has 0 N–H and O–H groups in total. The summed E-state index contributed by atoms with van der Waals surface area (Å²) in [5, 5.41) is 10.6. The Bertz CT molecular complexity index is 518. The van der Waals surface area contributed by atoms with E-state index in [0.29, 0.717) is 12.0 Å². The highest BCUT2D eigenvalue weighted by Crippen LogP contribution is 2.13. The minimum Gasteiger partial charge on any atom is -0.460 e. The molecule has 0 saturated heterocycles. The lowest BCUT2D eigenvalue weighted by Gasteiger charge is -2.19. The number of rotatable bonds is 5. The Morgan fingerprint density at radius 3 is 2.75 bits per heavy atom. The maximum Gasteiger partial charge on any atom is 0.306 e.